The summed E-state index contributed by atoms with van der Waals surface area (Å²) < 4.78 is 0. The van der Waals surface area contributed by atoms with Gasteiger partial charge in [-0.2, -0.15) is 0 Å². The summed E-state index contributed by atoms with van der Waals surface area (Å²) in [4.78, 5) is 17.5. The standard InChI is InChI=1S/C11H14N2O/c1-7(2)8-4-9-6-13(3)11(14)10(9)12-5-8/h4-5,7H,6H2,1-3H3. The minimum atomic E-state index is 0.0373. The fourth-order valence-electron chi connectivity index (χ4n) is 1.67. The molecule has 3 nitrogen and oxygen atoms in total. The number of nitrogens with zero attached hydrogens (tertiary/aromatic N) is 2. The minimum Gasteiger partial charge on any atom is -0.336 e. The second-order valence-electron chi connectivity index (χ2n) is 4.09. The summed E-state index contributed by atoms with van der Waals surface area (Å²) in [5.74, 6) is 0.504. The zero-order valence-corrected chi connectivity index (χ0v) is 8.74. The van der Waals surface area contributed by atoms with Gasteiger partial charge in [-0.25, -0.2) is 0 Å². The van der Waals surface area contributed by atoms with Gasteiger partial charge in [0.05, 0.1) is 0 Å². The third-order valence-electron chi connectivity index (χ3n) is 2.61. The van der Waals surface area contributed by atoms with Crippen LogP contribution < -0.4 is 0 Å². The first-order valence-electron chi connectivity index (χ1n) is 4.84. The van der Waals surface area contributed by atoms with Crippen molar-refractivity contribution in [2.45, 2.75) is 26.3 Å². The van der Waals surface area contributed by atoms with Crippen molar-refractivity contribution in [3.8, 4) is 0 Å². The molecule has 1 amide bonds. The van der Waals surface area contributed by atoms with Crippen molar-refractivity contribution in [1.29, 1.82) is 0 Å². The molecule has 1 aliphatic rings. The van der Waals surface area contributed by atoms with Crippen LogP contribution in [0.4, 0.5) is 0 Å². The van der Waals surface area contributed by atoms with Crippen LogP contribution in [0.1, 0.15) is 41.4 Å². The van der Waals surface area contributed by atoms with E-state index in [2.05, 4.69) is 24.9 Å². The Morgan fingerprint density at radius 3 is 2.86 bits per heavy atom. The van der Waals surface area contributed by atoms with Gasteiger partial charge in [-0.1, -0.05) is 13.8 Å². The number of pyridine rings is 1. The molecular weight excluding hydrogens is 176 g/mol. The lowest BCUT2D eigenvalue weighted by Crippen LogP contribution is -2.18. The quantitative estimate of drug-likeness (QED) is 0.676. The van der Waals surface area contributed by atoms with Crippen LogP contribution >= 0.6 is 0 Å². The van der Waals surface area contributed by atoms with Crippen LogP contribution in [0, 0.1) is 0 Å². The van der Waals surface area contributed by atoms with Crippen molar-refractivity contribution in [2.75, 3.05) is 7.05 Å². The molecule has 0 saturated carbocycles. The normalized spacial score (nSPS) is 15.1. The number of hydrogen-bond donors (Lipinski definition) is 0. The molecule has 1 aromatic heterocycles. The van der Waals surface area contributed by atoms with E-state index in [0.29, 0.717) is 18.2 Å². The van der Waals surface area contributed by atoms with Crippen LogP contribution in [0.2, 0.25) is 0 Å². The highest BCUT2D eigenvalue weighted by atomic mass is 16.2. The van der Waals surface area contributed by atoms with E-state index in [1.165, 1.54) is 5.56 Å². The Balaban J connectivity index is 2.44. The van der Waals surface area contributed by atoms with E-state index in [9.17, 15) is 4.79 Å². The molecule has 14 heavy (non-hydrogen) atoms. The summed E-state index contributed by atoms with van der Waals surface area (Å²) in [6.07, 6.45) is 1.81. The SMILES string of the molecule is CC(C)c1cnc2c(c1)CN(C)C2=O. The molecule has 0 fully saturated rings. The Morgan fingerprint density at radius 1 is 1.50 bits per heavy atom. The van der Waals surface area contributed by atoms with Crippen LogP contribution in [0.25, 0.3) is 0 Å². The highest BCUT2D eigenvalue weighted by Crippen LogP contribution is 2.23. The Bertz CT molecular complexity index is 385. The lowest BCUT2D eigenvalue weighted by Gasteiger charge is -2.05. The van der Waals surface area contributed by atoms with Gasteiger partial charge in [0, 0.05) is 25.4 Å². The highest BCUT2D eigenvalue weighted by molar-refractivity contribution is 5.96. The first-order chi connectivity index (χ1) is 6.59. The number of fused-ring (bicyclic) bond motifs is 1. The monoisotopic (exact) mass is 190 g/mol. The predicted molar refractivity (Wildman–Crippen MR) is 54.1 cm³/mol. The molecule has 74 valence electrons. The van der Waals surface area contributed by atoms with Crippen LogP contribution in [-0.4, -0.2) is 22.8 Å². The molecule has 0 N–H and O–H groups in total. The molecule has 0 spiro atoms. The predicted octanol–water partition coefficient (Wildman–Crippen LogP) is 1.79. The molecule has 0 atom stereocenters. The fourth-order valence-corrected chi connectivity index (χ4v) is 1.67. The van der Waals surface area contributed by atoms with Gasteiger partial charge in [-0.05, 0) is 17.5 Å². The van der Waals surface area contributed by atoms with Gasteiger partial charge in [0.15, 0.2) is 0 Å². The molecular formula is C11H14N2O. The maximum atomic E-state index is 11.5. The number of rotatable bonds is 1. The maximum absolute atomic E-state index is 11.5. The van der Waals surface area contributed by atoms with E-state index in [0.717, 1.165) is 5.56 Å². The summed E-state index contributed by atoms with van der Waals surface area (Å²) in [5.41, 5.74) is 2.88. The van der Waals surface area contributed by atoms with Crippen molar-refractivity contribution in [3.05, 3.63) is 29.1 Å². The molecule has 2 rings (SSSR count). The van der Waals surface area contributed by atoms with Crippen LogP contribution in [0.3, 0.4) is 0 Å². The van der Waals surface area contributed by atoms with E-state index in [4.69, 9.17) is 0 Å². The van der Waals surface area contributed by atoms with Gasteiger partial charge in [0.1, 0.15) is 5.69 Å². The summed E-state index contributed by atoms with van der Waals surface area (Å²) in [6.45, 7) is 4.95. The summed E-state index contributed by atoms with van der Waals surface area (Å²) in [5, 5.41) is 0. The van der Waals surface area contributed by atoms with Gasteiger partial charge in [0.25, 0.3) is 5.91 Å². The average molecular weight is 190 g/mol. The molecule has 0 bridgehead atoms. The zero-order chi connectivity index (χ0) is 10.3. The summed E-state index contributed by atoms with van der Waals surface area (Å²) in [6, 6.07) is 2.09. The van der Waals surface area contributed by atoms with E-state index in [-0.39, 0.29) is 5.91 Å². The lowest BCUT2D eigenvalue weighted by atomic mass is 10.0. The summed E-state index contributed by atoms with van der Waals surface area (Å²) in [7, 11) is 1.80. The van der Waals surface area contributed by atoms with E-state index in [1.807, 2.05) is 0 Å². The topological polar surface area (TPSA) is 33.2 Å². The molecule has 0 unspecified atom stereocenters. The number of amides is 1. The van der Waals surface area contributed by atoms with Gasteiger partial charge in [-0.3, -0.25) is 9.78 Å². The Hall–Kier alpha value is -1.38. The maximum Gasteiger partial charge on any atom is 0.272 e. The molecule has 1 aromatic rings. The van der Waals surface area contributed by atoms with Gasteiger partial charge in [-0.15, -0.1) is 0 Å². The Morgan fingerprint density at radius 2 is 2.21 bits per heavy atom. The molecule has 2 heterocycles. The number of carbonyl (C=O) groups excluding carboxylic acids is 1. The first-order valence-corrected chi connectivity index (χ1v) is 4.84. The average Bonchev–Trinajstić information content (AvgIpc) is 2.42. The van der Waals surface area contributed by atoms with E-state index >= 15 is 0 Å². The van der Waals surface area contributed by atoms with E-state index < -0.39 is 0 Å². The largest absolute Gasteiger partial charge is 0.336 e. The molecule has 3 heteroatoms. The minimum absolute atomic E-state index is 0.0373. The lowest BCUT2D eigenvalue weighted by molar-refractivity contribution is 0.0812. The third kappa shape index (κ3) is 1.29. The van der Waals surface area contributed by atoms with Gasteiger partial charge < -0.3 is 4.90 Å². The number of aromatic nitrogens is 1. The fraction of sp³-hybridized carbons (Fsp3) is 0.455. The van der Waals surface area contributed by atoms with Crippen molar-refractivity contribution in [1.82, 2.24) is 9.88 Å². The Labute approximate surface area is 83.8 Å². The van der Waals surface area contributed by atoms with Crippen molar-refractivity contribution in [3.63, 3.8) is 0 Å². The smallest absolute Gasteiger partial charge is 0.272 e. The van der Waals surface area contributed by atoms with Crippen molar-refractivity contribution in [2.24, 2.45) is 0 Å². The number of carbonyl (C=O) groups is 1. The molecule has 1 aliphatic heterocycles. The van der Waals surface area contributed by atoms with Gasteiger partial charge >= 0.3 is 0 Å². The third-order valence-corrected chi connectivity index (χ3v) is 2.61. The second kappa shape index (κ2) is 3.08. The van der Waals surface area contributed by atoms with Crippen LogP contribution in [-0.2, 0) is 6.54 Å². The first kappa shape index (κ1) is 9.19. The van der Waals surface area contributed by atoms with Gasteiger partial charge in [0.2, 0.25) is 0 Å². The van der Waals surface area contributed by atoms with Crippen molar-refractivity contribution >= 4 is 5.91 Å². The molecule has 0 radical (unpaired) electrons. The van der Waals surface area contributed by atoms with E-state index in [1.54, 1.807) is 18.1 Å². The molecule has 0 aromatic carbocycles. The van der Waals surface area contributed by atoms with Crippen LogP contribution in [0.5, 0.6) is 0 Å². The highest BCUT2D eigenvalue weighted by Gasteiger charge is 2.25. The Kier molecular flexibility index (Phi) is 2.02. The second-order valence-corrected chi connectivity index (χ2v) is 4.09. The molecule has 0 aliphatic carbocycles. The number of hydrogen-bond acceptors (Lipinski definition) is 2. The summed E-state index contributed by atoms with van der Waals surface area (Å²) >= 11 is 0. The van der Waals surface area contributed by atoms with Crippen LogP contribution in [0.15, 0.2) is 12.3 Å². The zero-order valence-electron chi connectivity index (χ0n) is 8.74. The molecule has 0 saturated heterocycles. The van der Waals surface area contributed by atoms with Crippen molar-refractivity contribution < 1.29 is 4.79 Å².